The second kappa shape index (κ2) is 8.84. The highest BCUT2D eigenvalue weighted by molar-refractivity contribution is 5.85. The van der Waals surface area contributed by atoms with Gasteiger partial charge in [-0.1, -0.05) is 12.2 Å². The molecule has 0 spiro atoms. The van der Waals surface area contributed by atoms with Crippen molar-refractivity contribution in [1.82, 2.24) is 9.97 Å². The molecule has 2 bridgehead atoms. The Kier molecular flexibility index (Phi) is 6.92. The van der Waals surface area contributed by atoms with E-state index < -0.39 is 11.7 Å². The van der Waals surface area contributed by atoms with Crippen LogP contribution in [0, 0.1) is 30.5 Å². The number of hydrogen-bond donors (Lipinski definition) is 4. The van der Waals surface area contributed by atoms with Crippen molar-refractivity contribution in [3.05, 3.63) is 47.9 Å². The number of amides is 1. The van der Waals surface area contributed by atoms with Crippen LogP contribution in [0.1, 0.15) is 12.0 Å². The average molecular weight is 442 g/mol. The van der Waals surface area contributed by atoms with E-state index in [4.69, 9.17) is 5.73 Å². The Morgan fingerprint density at radius 1 is 1.28 bits per heavy atom. The lowest BCUT2D eigenvalue weighted by molar-refractivity contribution is -0.122. The van der Waals surface area contributed by atoms with Gasteiger partial charge in [-0.15, -0.1) is 24.8 Å². The molecule has 1 heterocycles. The van der Waals surface area contributed by atoms with Crippen LogP contribution in [0.3, 0.4) is 0 Å². The molecule has 10 heteroatoms. The van der Waals surface area contributed by atoms with Gasteiger partial charge in [-0.2, -0.15) is 4.98 Å². The highest BCUT2D eigenvalue weighted by atomic mass is 35.5. The van der Waals surface area contributed by atoms with Gasteiger partial charge in [0.1, 0.15) is 5.75 Å². The first-order valence-corrected chi connectivity index (χ1v) is 8.75. The van der Waals surface area contributed by atoms with Gasteiger partial charge in [-0.05, 0) is 48.9 Å². The molecule has 4 atom stereocenters. The fourth-order valence-electron chi connectivity index (χ4n) is 3.96. The van der Waals surface area contributed by atoms with E-state index in [-0.39, 0.29) is 66.1 Å². The maximum Gasteiger partial charge on any atom is 0.229 e. The van der Waals surface area contributed by atoms with Gasteiger partial charge in [0.05, 0.1) is 12.1 Å². The number of nitrogens with zero attached hydrogens (tertiary/aromatic N) is 2. The van der Waals surface area contributed by atoms with E-state index in [0.29, 0.717) is 11.3 Å². The summed E-state index contributed by atoms with van der Waals surface area (Å²) in [5, 5.41) is 15.7. The number of rotatable bonds is 5. The van der Waals surface area contributed by atoms with Crippen molar-refractivity contribution in [3.8, 4) is 5.75 Å². The molecule has 1 saturated carbocycles. The van der Waals surface area contributed by atoms with Crippen molar-refractivity contribution in [2.75, 3.05) is 10.6 Å². The molecule has 0 aliphatic heterocycles. The van der Waals surface area contributed by atoms with E-state index in [0.717, 1.165) is 12.6 Å². The normalized spacial score (nSPS) is 23.8. The van der Waals surface area contributed by atoms with Crippen LogP contribution >= 0.6 is 24.8 Å². The summed E-state index contributed by atoms with van der Waals surface area (Å²) in [6.45, 7) is 1.77. The fourth-order valence-corrected chi connectivity index (χ4v) is 3.96. The van der Waals surface area contributed by atoms with Crippen molar-refractivity contribution in [2.24, 2.45) is 23.5 Å². The van der Waals surface area contributed by atoms with E-state index in [9.17, 15) is 14.3 Å². The first-order chi connectivity index (χ1) is 12.9. The SMILES string of the molecule is Cc1cc(Nc2ncc(F)c(NC3C4C=CC(C4)C3C(N)=O)n2)ccc1O.Cl.Cl. The van der Waals surface area contributed by atoms with Gasteiger partial charge in [-0.3, -0.25) is 4.79 Å². The number of primary amides is 1. The highest BCUT2D eigenvalue weighted by Gasteiger charge is 2.47. The molecule has 2 aliphatic carbocycles. The number of fused-ring (bicyclic) bond motifs is 2. The molecule has 7 nitrogen and oxygen atoms in total. The summed E-state index contributed by atoms with van der Waals surface area (Å²) in [4.78, 5) is 20.0. The largest absolute Gasteiger partial charge is 0.508 e. The van der Waals surface area contributed by atoms with Crippen LogP contribution in [-0.4, -0.2) is 27.0 Å². The Morgan fingerprint density at radius 2 is 2.00 bits per heavy atom. The monoisotopic (exact) mass is 441 g/mol. The Balaban J connectivity index is 0.00000150. The topological polar surface area (TPSA) is 113 Å². The standard InChI is InChI=1S/C19H20FN5O2.2ClH/c1-9-6-12(4-5-14(9)26)23-19-22-8-13(20)18(25-19)24-16-11-3-2-10(7-11)15(16)17(21)27;;/h2-6,8,10-11,15-16,26H,7H2,1H3,(H2,21,27)(H2,22,23,24,25);2*1H. The van der Waals surface area contributed by atoms with Crippen LogP contribution in [0.25, 0.3) is 0 Å². The van der Waals surface area contributed by atoms with E-state index in [1.54, 1.807) is 25.1 Å². The van der Waals surface area contributed by atoms with E-state index >= 15 is 0 Å². The third-order valence-corrected chi connectivity index (χ3v) is 5.29. The second-order valence-corrected chi connectivity index (χ2v) is 7.06. The molecular formula is C19H22Cl2FN5O2. The third-order valence-electron chi connectivity index (χ3n) is 5.29. The molecule has 2 aromatic rings. The minimum absolute atomic E-state index is 0. The van der Waals surface area contributed by atoms with Gasteiger partial charge < -0.3 is 21.5 Å². The summed E-state index contributed by atoms with van der Waals surface area (Å²) >= 11 is 0. The number of carbonyl (C=O) groups is 1. The predicted molar refractivity (Wildman–Crippen MR) is 113 cm³/mol. The zero-order valence-electron chi connectivity index (χ0n) is 15.5. The number of aromatic hydroxyl groups is 1. The smallest absolute Gasteiger partial charge is 0.229 e. The van der Waals surface area contributed by atoms with Crippen LogP contribution < -0.4 is 16.4 Å². The van der Waals surface area contributed by atoms with Crippen molar-refractivity contribution in [1.29, 1.82) is 0 Å². The first kappa shape index (κ1) is 22.7. The summed E-state index contributed by atoms with van der Waals surface area (Å²) < 4.78 is 14.3. The van der Waals surface area contributed by atoms with Crippen LogP contribution in [-0.2, 0) is 4.79 Å². The highest BCUT2D eigenvalue weighted by Crippen LogP contribution is 2.44. The number of halogens is 3. The summed E-state index contributed by atoms with van der Waals surface area (Å²) in [6.07, 6.45) is 5.96. The fraction of sp³-hybridized carbons (Fsp3) is 0.316. The zero-order chi connectivity index (χ0) is 19.1. The molecule has 4 rings (SSSR count). The van der Waals surface area contributed by atoms with Gasteiger partial charge in [0.15, 0.2) is 11.6 Å². The number of benzene rings is 1. The average Bonchev–Trinajstić information content (AvgIpc) is 3.22. The van der Waals surface area contributed by atoms with Crippen molar-refractivity contribution < 1.29 is 14.3 Å². The van der Waals surface area contributed by atoms with Gasteiger partial charge >= 0.3 is 0 Å². The Morgan fingerprint density at radius 3 is 2.69 bits per heavy atom. The molecule has 156 valence electrons. The number of allylic oxidation sites excluding steroid dienone is 1. The van der Waals surface area contributed by atoms with Crippen molar-refractivity contribution in [3.63, 3.8) is 0 Å². The van der Waals surface area contributed by atoms with E-state index in [1.807, 2.05) is 12.2 Å². The number of hydrogen-bond acceptors (Lipinski definition) is 6. The second-order valence-electron chi connectivity index (χ2n) is 7.06. The number of phenols is 1. The van der Waals surface area contributed by atoms with Crippen LogP contribution in [0.5, 0.6) is 5.75 Å². The molecule has 4 unspecified atom stereocenters. The van der Waals surface area contributed by atoms with Crippen molar-refractivity contribution >= 4 is 48.2 Å². The lowest BCUT2D eigenvalue weighted by atomic mass is 9.88. The predicted octanol–water partition coefficient (Wildman–Crippen LogP) is 3.30. The molecule has 1 aromatic carbocycles. The Labute approximate surface area is 179 Å². The molecular weight excluding hydrogens is 420 g/mol. The molecule has 29 heavy (non-hydrogen) atoms. The van der Waals surface area contributed by atoms with Crippen LogP contribution in [0.2, 0.25) is 0 Å². The van der Waals surface area contributed by atoms with Gasteiger partial charge in [0.25, 0.3) is 0 Å². The van der Waals surface area contributed by atoms with Crippen molar-refractivity contribution in [2.45, 2.75) is 19.4 Å². The van der Waals surface area contributed by atoms with Gasteiger partial charge in [0.2, 0.25) is 11.9 Å². The minimum Gasteiger partial charge on any atom is -0.508 e. The molecule has 1 fully saturated rings. The maximum absolute atomic E-state index is 14.3. The number of anilines is 3. The third kappa shape index (κ3) is 4.38. The number of nitrogens with two attached hydrogens (primary N) is 1. The number of aromatic nitrogens is 2. The molecule has 1 amide bonds. The summed E-state index contributed by atoms with van der Waals surface area (Å²) in [5.41, 5.74) is 6.91. The van der Waals surface area contributed by atoms with Gasteiger partial charge in [-0.25, -0.2) is 9.37 Å². The molecule has 0 radical (unpaired) electrons. The number of phenolic OH excluding ortho intramolecular Hbond substituents is 1. The molecule has 2 aliphatic rings. The quantitative estimate of drug-likeness (QED) is 0.418. The summed E-state index contributed by atoms with van der Waals surface area (Å²) in [5.74, 6) is -0.742. The van der Waals surface area contributed by atoms with E-state index in [2.05, 4.69) is 20.6 Å². The minimum atomic E-state index is -0.600. The van der Waals surface area contributed by atoms with Gasteiger partial charge in [0, 0.05) is 11.7 Å². The molecule has 5 N–H and O–H groups in total. The lowest BCUT2D eigenvalue weighted by Gasteiger charge is -2.27. The molecule has 1 aromatic heterocycles. The Hall–Kier alpha value is -2.58. The summed E-state index contributed by atoms with van der Waals surface area (Å²) in [7, 11) is 0. The molecule has 0 saturated heterocycles. The number of carbonyl (C=O) groups excluding carboxylic acids is 1. The maximum atomic E-state index is 14.3. The first-order valence-electron chi connectivity index (χ1n) is 8.75. The number of nitrogens with one attached hydrogen (secondary N) is 2. The number of aryl methyl sites for hydroxylation is 1. The van der Waals surface area contributed by atoms with E-state index in [1.165, 1.54) is 0 Å². The zero-order valence-corrected chi connectivity index (χ0v) is 17.1. The Bertz CT molecular complexity index is 943. The van der Waals surface area contributed by atoms with Crippen LogP contribution in [0.4, 0.5) is 21.8 Å². The van der Waals surface area contributed by atoms with Crippen LogP contribution in [0.15, 0.2) is 36.5 Å². The lowest BCUT2D eigenvalue weighted by Crippen LogP contribution is -2.41. The summed E-state index contributed by atoms with van der Waals surface area (Å²) in [6, 6.07) is 4.68.